The van der Waals surface area contributed by atoms with Gasteiger partial charge in [0.2, 0.25) is 0 Å². The van der Waals surface area contributed by atoms with E-state index < -0.39 is 6.10 Å². The Kier molecular flexibility index (Phi) is 7.99. The van der Waals surface area contributed by atoms with E-state index in [9.17, 15) is 14.7 Å². The monoisotopic (exact) mass is 506 g/mol. The molecule has 5 rings (SSSR count). The number of piperidine rings is 1. The molecule has 4 atom stereocenters. The summed E-state index contributed by atoms with van der Waals surface area (Å²) in [5.74, 6) is 1.79. The van der Waals surface area contributed by atoms with Gasteiger partial charge in [-0.05, 0) is 80.0 Å². The summed E-state index contributed by atoms with van der Waals surface area (Å²) < 4.78 is 6.27. The van der Waals surface area contributed by atoms with Gasteiger partial charge in [-0.1, -0.05) is 51.5 Å². The van der Waals surface area contributed by atoms with Crippen LogP contribution in [0, 0.1) is 23.7 Å². The highest BCUT2D eigenvalue weighted by Crippen LogP contribution is 2.35. The number of amides is 2. The minimum Gasteiger partial charge on any atom is -0.389 e. The molecule has 1 saturated heterocycles. The van der Waals surface area contributed by atoms with Crippen molar-refractivity contribution < 1.29 is 19.4 Å². The Morgan fingerprint density at radius 3 is 2.24 bits per heavy atom. The molecule has 1 saturated carbocycles. The van der Waals surface area contributed by atoms with Gasteiger partial charge >= 0.3 is 0 Å². The lowest BCUT2D eigenvalue weighted by atomic mass is 9.75. The van der Waals surface area contributed by atoms with Crippen LogP contribution in [0.3, 0.4) is 0 Å². The third-order valence-corrected chi connectivity index (χ3v) is 8.94. The average molecular weight is 507 g/mol. The number of ether oxygens (including phenoxy) is 1. The zero-order chi connectivity index (χ0) is 26.1. The lowest BCUT2D eigenvalue weighted by molar-refractivity contribution is -0.0750. The Hall–Kier alpha value is -2.28. The maximum absolute atomic E-state index is 13.2. The quantitative estimate of drug-likeness (QED) is 0.511. The van der Waals surface area contributed by atoms with E-state index in [-0.39, 0.29) is 23.8 Å². The van der Waals surface area contributed by atoms with E-state index in [1.807, 2.05) is 36.4 Å². The summed E-state index contributed by atoms with van der Waals surface area (Å²) in [6.45, 7) is 10.0. The Morgan fingerprint density at radius 1 is 0.973 bits per heavy atom. The highest BCUT2D eigenvalue weighted by atomic mass is 16.5. The van der Waals surface area contributed by atoms with Crippen molar-refractivity contribution in [3.63, 3.8) is 0 Å². The Morgan fingerprint density at radius 2 is 1.62 bits per heavy atom. The first-order valence-corrected chi connectivity index (χ1v) is 14.2. The van der Waals surface area contributed by atoms with E-state index in [0.29, 0.717) is 48.6 Å². The molecule has 6 nitrogen and oxygen atoms in total. The van der Waals surface area contributed by atoms with Crippen molar-refractivity contribution in [2.75, 3.05) is 32.8 Å². The topological polar surface area (TPSA) is 70.1 Å². The Bertz CT molecular complexity index is 1070. The summed E-state index contributed by atoms with van der Waals surface area (Å²) in [6, 6.07) is 11.3. The fraction of sp³-hybridized carbons (Fsp3) is 0.613. The van der Waals surface area contributed by atoms with Crippen LogP contribution in [0.25, 0.3) is 10.8 Å². The SMILES string of the molecule is CC(C)[C@H]1CC[C@@H](C)C[C@H]1OC[C@@H](O)CN1CCC(CN2C(=O)c3cccc4cccc(c34)C2=O)CC1. The van der Waals surface area contributed by atoms with Crippen molar-refractivity contribution in [2.24, 2.45) is 23.7 Å². The molecule has 0 radical (unpaired) electrons. The third-order valence-electron chi connectivity index (χ3n) is 8.94. The molecule has 2 fully saturated rings. The fourth-order valence-corrected chi connectivity index (χ4v) is 6.75. The highest BCUT2D eigenvalue weighted by Gasteiger charge is 2.35. The largest absolute Gasteiger partial charge is 0.389 e. The van der Waals surface area contributed by atoms with E-state index in [1.54, 1.807) is 0 Å². The summed E-state index contributed by atoms with van der Waals surface area (Å²) in [6.07, 6.45) is 5.15. The van der Waals surface area contributed by atoms with Crippen molar-refractivity contribution in [2.45, 2.75) is 65.1 Å². The number of aliphatic hydroxyl groups excluding tert-OH is 1. The summed E-state index contributed by atoms with van der Waals surface area (Å²) in [4.78, 5) is 30.2. The molecule has 3 aliphatic rings. The second-order valence-corrected chi connectivity index (χ2v) is 12.0. The summed E-state index contributed by atoms with van der Waals surface area (Å²) in [5, 5.41) is 12.4. The normalized spacial score (nSPS) is 26.3. The number of hydrogen-bond donors (Lipinski definition) is 1. The van der Waals surface area contributed by atoms with Gasteiger partial charge in [0.1, 0.15) is 0 Å². The first kappa shape index (κ1) is 26.3. The molecule has 2 heterocycles. The van der Waals surface area contributed by atoms with Crippen molar-refractivity contribution in [3.05, 3.63) is 47.5 Å². The van der Waals surface area contributed by atoms with Gasteiger partial charge in [0.05, 0.1) is 18.8 Å². The molecule has 1 aliphatic carbocycles. The smallest absolute Gasteiger partial charge is 0.261 e. The van der Waals surface area contributed by atoms with Gasteiger partial charge in [-0.2, -0.15) is 0 Å². The van der Waals surface area contributed by atoms with Crippen molar-refractivity contribution in [3.8, 4) is 0 Å². The molecule has 6 heteroatoms. The number of carbonyl (C=O) groups excluding carboxylic acids is 2. The molecular weight excluding hydrogens is 464 g/mol. The average Bonchev–Trinajstić information content (AvgIpc) is 2.89. The maximum Gasteiger partial charge on any atom is 0.261 e. The van der Waals surface area contributed by atoms with Crippen LogP contribution in [-0.2, 0) is 4.74 Å². The number of β-amino-alcohol motifs (C(OH)–C–C–N with tert-alkyl or cyclic N) is 1. The molecule has 2 aromatic rings. The van der Waals surface area contributed by atoms with Gasteiger partial charge < -0.3 is 14.7 Å². The van der Waals surface area contributed by atoms with Gasteiger partial charge in [0.25, 0.3) is 11.8 Å². The van der Waals surface area contributed by atoms with Gasteiger partial charge in [-0.15, -0.1) is 0 Å². The molecule has 37 heavy (non-hydrogen) atoms. The van der Waals surface area contributed by atoms with Crippen molar-refractivity contribution in [1.82, 2.24) is 9.80 Å². The van der Waals surface area contributed by atoms with E-state index in [0.717, 1.165) is 43.1 Å². The van der Waals surface area contributed by atoms with Crippen LogP contribution in [0.15, 0.2) is 36.4 Å². The zero-order valence-electron chi connectivity index (χ0n) is 22.6. The summed E-state index contributed by atoms with van der Waals surface area (Å²) >= 11 is 0. The first-order chi connectivity index (χ1) is 17.8. The molecular formula is C31H42N2O4. The van der Waals surface area contributed by atoms with Crippen LogP contribution in [0.2, 0.25) is 0 Å². The van der Waals surface area contributed by atoms with Crippen LogP contribution in [0.5, 0.6) is 0 Å². The molecule has 0 bridgehead atoms. The Balaban J connectivity index is 1.11. The molecule has 0 aromatic heterocycles. The summed E-state index contributed by atoms with van der Waals surface area (Å²) in [7, 11) is 0. The van der Waals surface area contributed by atoms with Crippen LogP contribution >= 0.6 is 0 Å². The van der Waals surface area contributed by atoms with Gasteiger partial charge in [-0.3, -0.25) is 14.5 Å². The second kappa shape index (κ2) is 11.2. The minimum atomic E-state index is -0.496. The predicted octanol–water partition coefficient (Wildman–Crippen LogP) is 4.99. The fourth-order valence-electron chi connectivity index (χ4n) is 6.75. The second-order valence-electron chi connectivity index (χ2n) is 12.0. The van der Waals surface area contributed by atoms with Crippen LogP contribution in [0.1, 0.15) is 73.6 Å². The van der Waals surface area contributed by atoms with Gasteiger partial charge in [0, 0.05) is 29.6 Å². The number of likely N-dealkylation sites (tertiary alicyclic amines) is 1. The molecule has 200 valence electrons. The number of rotatable bonds is 8. The molecule has 2 aromatic carbocycles. The molecule has 0 spiro atoms. The number of carbonyl (C=O) groups is 2. The molecule has 2 aliphatic heterocycles. The highest BCUT2D eigenvalue weighted by molar-refractivity contribution is 6.25. The number of imide groups is 1. The standard InChI is InChI=1S/C31H42N2O4/c1-20(2)25-11-10-21(3)16-28(25)37-19-24(34)18-32-14-12-22(13-15-32)17-33-30(35)26-8-4-6-23-7-5-9-27(29(23)26)31(33)36/h4-9,20-22,24-25,28,34H,10-19H2,1-3H3/t21-,24+,25-,28-/m1/s1. The number of nitrogens with zero attached hydrogens (tertiary/aromatic N) is 2. The van der Waals surface area contributed by atoms with Gasteiger partial charge in [-0.25, -0.2) is 0 Å². The third kappa shape index (κ3) is 5.62. The number of hydrogen-bond acceptors (Lipinski definition) is 5. The van der Waals surface area contributed by atoms with E-state index in [2.05, 4.69) is 25.7 Å². The van der Waals surface area contributed by atoms with E-state index in [4.69, 9.17) is 4.74 Å². The van der Waals surface area contributed by atoms with Crippen LogP contribution in [-0.4, -0.2) is 71.7 Å². The Labute approximate surface area is 221 Å². The molecule has 2 amide bonds. The zero-order valence-corrected chi connectivity index (χ0v) is 22.6. The molecule has 1 N–H and O–H groups in total. The van der Waals surface area contributed by atoms with Crippen LogP contribution in [0.4, 0.5) is 0 Å². The predicted molar refractivity (Wildman–Crippen MR) is 146 cm³/mol. The van der Waals surface area contributed by atoms with Crippen LogP contribution < -0.4 is 0 Å². The first-order valence-electron chi connectivity index (χ1n) is 14.2. The maximum atomic E-state index is 13.2. The summed E-state index contributed by atoms with van der Waals surface area (Å²) in [5.41, 5.74) is 1.25. The molecule has 0 unspecified atom stereocenters. The lowest BCUT2D eigenvalue weighted by Gasteiger charge is -2.38. The number of aliphatic hydroxyl groups is 1. The van der Waals surface area contributed by atoms with Crippen molar-refractivity contribution in [1.29, 1.82) is 0 Å². The minimum absolute atomic E-state index is 0.180. The number of benzene rings is 2. The van der Waals surface area contributed by atoms with E-state index in [1.165, 1.54) is 17.7 Å². The van der Waals surface area contributed by atoms with E-state index >= 15 is 0 Å². The van der Waals surface area contributed by atoms with Crippen molar-refractivity contribution >= 4 is 22.6 Å². The lowest BCUT2D eigenvalue weighted by Crippen LogP contribution is -2.46. The van der Waals surface area contributed by atoms with Gasteiger partial charge in [0.15, 0.2) is 0 Å².